The Morgan fingerprint density at radius 3 is 2.95 bits per heavy atom. The predicted octanol–water partition coefficient (Wildman–Crippen LogP) is 2.98. The van der Waals surface area contributed by atoms with Crippen molar-refractivity contribution in [2.45, 2.75) is 18.4 Å². The van der Waals surface area contributed by atoms with E-state index in [1.54, 1.807) is 24.5 Å². The first-order valence-electron chi connectivity index (χ1n) is 12.6. The van der Waals surface area contributed by atoms with Crippen molar-refractivity contribution in [3.8, 4) is 28.8 Å². The number of nitrogens with zero attached hydrogens (tertiary/aromatic N) is 2. The van der Waals surface area contributed by atoms with Crippen LogP contribution in [0.2, 0.25) is 0 Å². The number of H-pyrrole nitrogens is 1. The topological polar surface area (TPSA) is 111 Å². The number of benzene rings is 1. The number of amides is 2. The number of anilines is 2. The summed E-state index contributed by atoms with van der Waals surface area (Å²) in [6, 6.07) is 6.37. The maximum Gasteiger partial charge on any atom is 0.255 e. The van der Waals surface area contributed by atoms with Crippen molar-refractivity contribution in [1.29, 1.82) is 0 Å². The zero-order valence-corrected chi connectivity index (χ0v) is 21.8. The van der Waals surface area contributed by atoms with Crippen LogP contribution in [0.15, 0.2) is 49.3 Å². The van der Waals surface area contributed by atoms with Crippen molar-refractivity contribution < 1.29 is 18.7 Å². The zero-order chi connectivity index (χ0) is 27.6. The van der Waals surface area contributed by atoms with Crippen molar-refractivity contribution in [2.75, 3.05) is 39.1 Å². The quantitative estimate of drug-likeness (QED) is 0.289. The number of aromatic nitrogens is 2. The minimum Gasteiger partial charge on any atom is -0.492 e. The second-order valence-corrected chi connectivity index (χ2v) is 9.61. The molecule has 0 unspecified atom stereocenters. The number of fused-ring (bicyclic) bond motifs is 1. The molecular formula is C29H29FN6O3. The average molecular weight is 529 g/mol. The maximum atomic E-state index is 14.5. The number of carbonyl (C=O) groups is 2. The van der Waals surface area contributed by atoms with Crippen LogP contribution < -0.4 is 20.7 Å². The lowest BCUT2D eigenvalue weighted by atomic mass is 9.97. The van der Waals surface area contributed by atoms with Gasteiger partial charge in [0, 0.05) is 49.7 Å². The second kappa shape index (κ2) is 10.6. The highest BCUT2D eigenvalue weighted by Crippen LogP contribution is 2.40. The number of aromatic amines is 1. The fraction of sp³-hybridized carbons (Fsp3) is 0.276. The van der Waals surface area contributed by atoms with E-state index in [1.807, 2.05) is 13.1 Å². The molecule has 1 fully saturated rings. The Balaban J connectivity index is 1.63. The molecule has 3 aromatic rings. The smallest absolute Gasteiger partial charge is 0.255 e. The molecule has 0 radical (unpaired) electrons. The first kappa shape index (κ1) is 26.0. The van der Waals surface area contributed by atoms with Crippen molar-refractivity contribution in [1.82, 2.24) is 25.5 Å². The number of halogens is 1. The fourth-order valence-electron chi connectivity index (χ4n) is 5.08. The third-order valence-electron chi connectivity index (χ3n) is 6.93. The molecule has 2 aromatic heterocycles. The van der Waals surface area contributed by atoms with Crippen LogP contribution in [0.25, 0.3) is 11.3 Å². The molecule has 200 valence electrons. The summed E-state index contributed by atoms with van der Waals surface area (Å²) in [5.74, 6) is 5.51. The Kier molecular flexibility index (Phi) is 7.09. The predicted molar refractivity (Wildman–Crippen MR) is 146 cm³/mol. The minimum atomic E-state index is -0.738. The van der Waals surface area contributed by atoms with Gasteiger partial charge in [-0.15, -0.1) is 0 Å². The van der Waals surface area contributed by atoms with Crippen molar-refractivity contribution >= 4 is 23.2 Å². The van der Waals surface area contributed by atoms with E-state index >= 15 is 0 Å². The number of rotatable bonds is 6. The van der Waals surface area contributed by atoms with Crippen LogP contribution in [0.3, 0.4) is 0 Å². The number of carbonyl (C=O) groups excluding carboxylic acids is 2. The molecule has 9 nitrogen and oxygen atoms in total. The normalized spacial score (nSPS) is 18.4. The van der Waals surface area contributed by atoms with Crippen molar-refractivity contribution in [3.63, 3.8) is 0 Å². The number of methoxy groups -OCH3 is 1. The number of likely N-dealkylation sites (N-methyl/N-ethyl adjacent to an activating group) is 1. The average Bonchev–Trinajstić information content (AvgIpc) is 3.48. The van der Waals surface area contributed by atoms with Crippen LogP contribution in [0.5, 0.6) is 5.75 Å². The molecule has 0 aliphatic carbocycles. The number of pyridine rings is 1. The third-order valence-corrected chi connectivity index (χ3v) is 6.93. The van der Waals surface area contributed by atoms with Gasteiger partial charge >= 0.3 is 0 Å². The van der Waals surface area contributed by atoms with E-state index in [2.05, 4.69) is 49.2 Å². The number of ether oxygens (including phenoxy) is 1. The Labute approximate surface area is 225 Å². The Morgan fingerprint density at radius 1 is 1.36 bits per heavy atom. The van der Waals surface area contributed by atoms with E-state index in [-0.39, 0.29) is 17.6 Å². The lowest BCUT2D eigenvalue weighted by Gasteiger charge is -2.23. The summed E-state index contributed by atoms with van der Waals surface area (Å²) in [5.41, 5.74) is 3.25. The Hall–Kier alpha value is -4.62. The van der Waals surface area contributed by atoms with Crippen LogP contribution in [0, 0.1) is 17.7 Å². The van der Waals surface area contributed by atoms with E-state index in [1.165, 1.54) is 19.3 Å². The van der Waals surface area contributed by atoms with Crippen molar-refractivity contribution in [2.24, 2.45) is 0 Å². The van der Waals surface area contributed by atoms with E-state index < -0.39 is 11.4 Å². The Bertz CT molecular complexity index is 1520. The summed E-state index contributed by atoms with van der Waals surface area (Å²) in [4.78, 5) is 35.0. The summed E-state index contributed by atoms with van der Waals surface area (Å²) in [6.45, 7) is 5.41. The van der Waals surface area contributed by atoms with Gasteiger partial charge in [-0.25, -0.2) is 4.39 Å². The molecule has 39 heavy (non-hydrogen) atoms. The van der Waals surface area contributed by atoms with Crippen LogP contribution in [0.1, 0.15) is 28.0 Å². The monoisotopic (exact) mass is 528 g/mol. The first-order valence-corrected chi connectivity index (χ1v) is 12.6. The summed E-state index contributed by atoms with van der Waals surface area (Å²) < 4.78 is 19.8. The number of hydrogen-bond donors (Lipinski definition) is 4. The van der Waals surface area contributed by atoms with Crippen LogP contribution in [-0.4, -0.2) is 66.0 Å². The molecule has 4 heterocycles. The zero-order valence-electron chi connectivity index (χ0n) is 21.8. The minimum absolute atomic E-state index is 0.0367. The fourth-order valence-corrected chi connectivity index (χ4v) is 5.08. The summed E-state index contributed by atoms with van der Waals surface area (Å²) in [6.07, 6.45) is 5.80. The number of likely N-dealkylation sites (tertiary alicyclic amines) is 1. The molecule has 2 amide bonds. The highest BCUT2D eigenvalue weighted by Gasteiger charge is 2.36. The van der Waals surface area contributed by atoms with Gasteiger partial charge in [-0.1, -0.05) is 24.5 Å². The third kappa shape index (κ3) is 5.09. The number of para-hydroxylation sites is 1. The lowest BCUT2D eigenvalue weighted by Crippen LogP contribution is -2.48. The van der Waals surface area contributed by atoms with E-state index in [0.29, 0.717) is 59.7 Å². The molecule has 5 rings (SSSR count). The molecule has 2 aliphatic heterocycles. The van der Waals surface area contributed by atoms with Gasteiger partial charge in [0.2, 0.25) is 5.91 Å². The highest BCUT2D eigenvalue weighted by atomic mass is 19.1. The second-order valence-electron chi connectivity index (χ2n) is 9.61. The first-order chi connectivity index (χ1) is 18.8. The highest BCUT2D eigenvalue weighted by molar-refractivity contribution is 6.06. The Morgan fingerprint density at radius 2 is 2.21 bits per heavy atom. The number of hydrogen-bond acceptors (Lipinski definition) is 6. The standard InChI is InChI=1S/C29H29FN6O3/c1-4-23(37)35-29(12-15-36(2)17-29)11-8-18-16-31-13-9-19(18)25-26(24-21(33-25)10-14-32-28(24)38)34-22-7-5-6-20(30)27(22)39-3/h4-7,9,13,16,33-34H,1,10,12,14-15,17H2,2-3H3,(H,32,38)(H,35,37)/t29-/m0/s1. The molecule has 1 saturated heterocycles. The molecule has 4 N–H and O–H groups in total. The molecule has 1 aromatic carbocycles. The lowest BCUT2D eigenvalue weighted by molar-refractivity contribution is -0.117. The van der Waals surface area contributed by atoms with Crippen LogP contribution >= 0.6 is 0 Å². The molecule has 1 atom stereocenters. The molecule has 10 heteroatoms. The molecule has 0 saturated carbocycles. The largest absolute Gasteiger partial charge is 0.492 e. The molecular weight excluding hydrogens is 499 g/mol. The van der Waals surface area contributed by atoms with Crippen LogP contribution in [-0.2, 0) is 11.2 Å². The number of nitrogens with one attached hydrogen (secondary N) is 4. The molecule has 0 bridgehead atoms. The van der Waals surface area contributed by atoms with E-state index in [0.717, 1.165) is 12.2 Å². The summed E-state index contributed by atoms with van der Waals surface area (Å²) >= 11 is 0. The van der Waals surface area contributed by atoms with Gasteiger partial charge in [-0.2, -0.15) is 0 Å². The van der Waals surface area contributed by atoms with Gasteiger partial charge in [-0.05, 0) is 37.7 Å². The van der Waals surface area contributed by atoms with Gasteiger partial charge in [0.05, 0.1) is 35.3 Å². The van der Waals surface area contributed by atoms with Gasteiger partial charge in [-0.3, -0.25) is 14.6 Å². The molecule has 0 spiro atoms. The maximum absolute atomic E-state index is 14.5. The van der Waals surface area contributed by atoms with E-state index in [4.69, 9.17) is 4.74 Å². The summed E-state index contributed by atoms with van der Waals surface area (Å²) in [5, 5.41) is 9.12. The van der Waals surface area contributed by atoms with Crippen LogP contribution in [0.4, 0.5) is 15.8 Å². The summed E-state index contributed by atoms with van der Waals surface area (Å²) in [7, 11) is 3.37. The van der Waals surface area contributed by atoms with Crippen molar-refractivity contribution in [3.05, 3.63) is 72.0 Å². The van der Waals surface area contributed by atoms with Gasteiger partial charge < -0.3 is 30.6 Å². The van der Waals surface area contributed by atoms with E-state index in [9.17, 15) is 14.0 Å². The van der Waals surface area contributed by atoms with Gasteiger partial charge in [0.15, 0.2) is 11.6 Å². The SMILES string of the molecule is C=CC(=O)N[C@@]1(C#Cc2cnccc2-c2[nH]c3c(c2Nc2cccc(F)c2OC)C(=O)NCC3)CCN(C)C1. The van der Waals surface area contributed by atoms with Gasteiger partial charge in [0.25, 0.3) is 5.91 Å². The van der Waals surface area contributed by atoms with Gasteiger partial charge in [0.1, 0.15) is 5.54 Å². The molecule has 2 aliphatic rings.